The highest BCUT2D eigenvalue weighted by atomic mass is 15.1. The number of aryl methyl sites for hydroxylation is 3. The van der Waals surface area contributed by atoms with Crippen LogP contribution in [0.4, 0.5) is 5.69 Å². The summed E-state index contributed by atoms with van der Waals surface area (Å²) in [6.45, 7) is 4.36. The summed E-state index contributed by atoms with van der Waals surface area (Å²) >= 11 is 0. The maximum Gasteiger partial charge on any atom is 0.106 e. The number of rotatable bonds is 0. The Morgan fingerprint density at radius 3 is 2.82 bits per heavy atom. The average Bonchev–Trinajstić information content (AvgIpc) is 2.61. The van der Waals surface area contributed by atoms with E-state index in [0.717, 1.165) is 12.2 Å². The second-order valence-electron chi connectivity index (χ2n) is 5.15. The van der Waals surface area contributed by atoms with Crippen LogP contribution in [-0.2, 0) is 13.5 Å². The van der Waals surface area contributed by atoms with Crippen LogP contribution < -0.4 is 4.90 Å². The molecule has 2 heterocycles. The van der Waals surface area contributed by atoms with Crippen molar-refractivity contribution in [3.63, 3.8) is 0 Å². The van der Waals surface area contributed by atoms with Crippen LogP contribution >= 0.6 is 0 Å². The Hall–Kier alpha value is -1.51. The van der Waals surface area contributed by atoms with Gasteiger partial charge in [0.25, 0.3) is 0 Å². The first-order valence-electron chi connectivity index (χ1n) is 6.27. The molecule has 0 spiro atoms. The Morgan fingerprint density at radius 1 is 1.29 bits per heavy atom. The predicted octanol–water partition coefficient (Wildman–Crippen LogP) is 2.65. The molecule has 2 aromatic rings. The third-order valence-electron chi connectivity index (χ3n) is 4.21. The molecule has 1 aliphatic heterocycles. The van der Waals surface area contributed by atoms with Crippen LogP contribution in [0.2, 0.25) is 0 Å². The zero-order valence-corrected chi connectivity index (χ0v) is 11.0. The lowest BCUT2D eigenvalue weighted by molar-refractivity contribution is 0.600. The summed E-state index contributed by atoms with van der Waals surface area (Å²) < 4.78 is 2.17. The van der Waals surface area contributed by atoms with E-state index < -0.39 is 0 Å². The topological polar surface area (TPSA) is 21.1 Å². The lowest BCUT2D eigenvalue weighted by Gasteiger charge is -2.33. The normalized spacial score (nSPS) is 19.8. The van der Waals surface area contributed by atoms with Crippen LogP contribution in [0.1, 0.15) is 24.7 Å². The molecule has 90 valence electrons. The van der Waals surface area contributed by atoms with Crippen LogP contribution in [-0.4, -0.2) is 22.6 Å². The number of fused-ring (bicyclic) bond motifs is 3. The van der Waals surface area contributed by atoms with E-state index >= 15 is 0 Å². The van der Waals surface area contributed by atoms with E-state index in [2.05, 4.69) is 49.5 Å². The van der Waals surface area contributed by atoms with E-state index in [9.17, 15) is 0 Å². The smallest absolute Gasteiger partial charge is 0.106 e. The molecule has 1 atom stereocenters. The van der Waals surface area contributed by atoms with Gasteiger partial charge in [0, 0.05) is 31.4 Å². The number of aromatic nitrogens is 2. The van der Waals surface area contributed by atoms with Crippen LogP contribution in [0.15, 0.2) is 12.1 Å². The monoisotopic (exact) mass is 229 g/mol. The second-order valence-corrected chi connectivity index (χ2v) is 5.15. The maximum absolute atomic E-state index is 4.72. The molecule has 3 heteroatoms. The summed E-state index contributed by atoms with van der Waals surface area (Å²) in [5.41, 5.74) is 5.23. The van der Waals surface area contributed by atoms with E-state index in [1.54, 1.807) is 0 Å². The molecule has 0 bridgehead atoms. The SMILES string of the molecule is Cc1nc2c3c(ccc2n1C)N(C)C(C)CC3. The average molecular weight is 229 g/mol. The number of anilines is 1. The van der Waals surface area contributed by atoms with Crippen LogP contribution in [0.5, 0.6) is 0 Å². The molecule has 1 aromatic carbocycles. The molecule has 1 aromatic heterocycles. The van der Waals surface area contributed by atoms with Gasteiger partial charge in [0.2, 0.25) is 0 Å². The van der Waals surface area contributed by atoms with Crippen molar-refractivity contribution in [2.45, 2.75) is 32.7 Å². The van der Waals surface area contributed by atoms with Gasteiger partial charge in [0.15, 0.2) is 0 Å². The number of nitrogens with zero attached hydrogens (tertiary/aromatic N) is 3. The molecule has 1 unspecified atom stereocenters. The van der Waals surface area contributed by atoms with Gasteiger partial charge in [0.05, 0.1) is 11.0 Å². The predicted molar refractivity (Wildman–Crippen MR) is 71.6 cm³/mol. The fourth-order valence-corrected chi connectivity index (χ4v) is 2.78. The van der Waals surface area contributed by atoms with Crippen molar-refractivity contribution in [3.05, 3.63) is 23.5 Å². The highest BCUT2D eigenvalue weighted by Gasteiger charge is 2.23. The quantitative estimate of drug-likeness (QED) is 0.692. The van der Waals surface area contributed by atoms with Crippen molar-refractivity contribution in [1.82, 2.24) is 9.55 Å². The summed E-state index contributed by atoms with van der Waals surface area (Å²) in [7, 11) is 4.27. The van der Waals surface area contributed by atoms with Gasteiger partial charge in [-0.3, -0.25) is 0 Å². The van der Waals surface area contributed by atoms with Gasteiger partial charge < -0.3 is 9.47 Å². The number of hydrogen-bond donors (Lipinski definition) is 0. The molecule has 0 aliphatic carbocycles. The molecule has 0 amide bonds. The van der Waals surface area contributed by atoms with Crippen molar-refractivity contribution in [1.29, 1.82) is 0 Å². The first kappa shape index (κ1) is 10.6. The Morgan fingerprint density at radius 2 is 2.06 bits per heavy atom. The highest BCUT2D eigenvalue weighted by Crippen LogP contribution is 2.34. The summed E-state index contributed by atoms with van der Waals surface area (Å²) in [5, 5.41) is 0. The van der Waals surface area contributed by atoms with Gasteiger partial charge in [-0.15, -0.1) is 0 Å². The van der Waals surface area contributed by atoms with E-state index in [-0.39, 0.29) is 0 Å². The molecule has 0 radical (unpaired) electrons. The van der Waals surface area contributed by atoms with Gasteiger partial charge >= 0.3 is 0 Å². The third-order valence-corrected chi connectivity index (χ3v) is 4.21. The Kier molecular flexibility index (Phi) is 2.18. The lowest BCUT2D eigenvalue weighted by Crippen LogP contribution is -2.33. The molecule has 17 heavy (non-hydrogen) atoms. The Balaban J connectivity index is 2.30. The summed E-state index contributed by atoms with van der Waals surface area (Å²) in [5.74, 6) is 1.09. The Labute approximate surface area is 102 Å². The van der Waals surface area contributed by atoms with Crippen LogP contribution in [0, 0.1) is 6.92 Å². The number of benzene rings is 1. The van der Waals surface area contributed by atoms with E-state index in [1.807, 2.05) is 0 Å². The zero-order chi connectivity index (χ0) is 12.2. The minimum Gasteiger partial charge on any atom is -0.372 e. The van der Waals surface area contributed by atoms with Gasteiger partial charge in [-0.25, -0.2) is 4.98 Å². The molecule has 0 saturated carbocycles. The van der Waals surface area contributed by atoms with Gasteiger partial charge in [-0.1, -0.05) is 0 Å². The molecule has 0 N–H and O–H groups in total. The van der Waals surface area contributed by atoms with Crippen LogP contribution in [0.25, 0.3) is 11.0 Å². The van der Waals surface area contributed by atoms with Gasteiger partial charge in [-0.05, 0) is 38.8 Å². The van der Waals surface area contributed by atoms with Crippen LogP contribution in [0.3, 0.4) is 0 Å². The molecular formula is C14H19N3. The number of imidazole rings is 1. The first-order valence-corrected chi connectivity index (χ1v) is 6.27. The molecule has 3 rings (SSSR count). The first-order chi connectivity index (χ1) is 8.09. The molecule has 3 nitrogen and oxygen atoms in total. The van der Waals surface area contributed by atoms with Crippen molar-refractivity contribution in [3.8, 4) is 0 Å². The lowest BCUT2D eigenvalue weighted by atomic mass is 9.96. The summed E-state index contributed by atoms with van der Waals surface area (Å²) in [6, 6.07) is 5.07. The van der Waals surface area contributed by atoms with E-state index in [1.165, 1.54) is 28.7 Å². The Bertz CT molecular complexity index is 583. The fraction of sp³-hybridized carbons (Fsp3) is 0.500. The van der Waals surface area contributed by atoms with Gasteiger partial charge in [-0.2, -0.15) is 0 Å². The molecule has 0 saturated heterocycles. The van der Waals surface area contributed by atoms with E-state index in [4.69, 9.17) is 4.98 Å². The largest absolute Gasteiger partial charge is 0.372 e. The fourth-order valence-electron chi connectivity index (χ4n) is 2.78. The number of hydrogen-bond acceptors (Lipinski definition) is 2. The van der Waals surface area contributed by atoms with Gasteiger partial charge in [0.1, 0.15) is 5.82 Å². The maximum atomic E-state index is 4.72. The standard InChI is InChI=1S/C14H19N3/c1-9-5-6-11-12(16(9)3)7-8-13-14(11)15-10(2)17(13)4/h7-9H,5-6H2,1-4H3. The molecule has 1 aliphatic rings. The van der Waals surface area contributed by atoms with Crippen molar-refractivity contribution < 1.29 is 0 Å². The third kappa shape index (κ3) is 1.38. The van der Waals surface area contributed by atoms with Crippen molar-refractivity contribution in [2.75, 3.05) is 11.9 Å². The van der Waals surface area contributed by atoms with Crippen molar-refractivity contribution >= 4 is 16.7 Å². The summed E-state index contributed by atoms with van der Waals surface area (Å²) in [4.78, 5) is 7.10. The minimum absolute atomic E-state index is 0.629. The molecule has 0 fully saturated rings. The minimum atomic E-state index is 0.629. The highest BCUT2D eigenvalue weighted by molar-refractivity contribution is 5.86. The summed E-state index contributed by atoms with van der Waals surface area (Å²) in [6.07, 6.45) is 2.37. The van der Waals surface area contributed by atoms with E-state index in [0.29, 0.717) is 6.04 Å². The second kappa shape index (κ2) is 3.49. The van der Waals surface area contributed by atoms with Crippen molar-refractivity contribution in [2.24, 2.45) is 7.05 Å². The molecular weight excluding hydrogens is 210 g/mol. The zero-order valence-electron chi connectivity index (χ0n) is 11.0.